The van der Waals surface area contributed by atoms with Crippen molar-refractivity contribution in [3.8, 4) is 11.5 Å². The minimum atomic E-state index is -0.838. The maximum atomic E-state index is 12.4. The maximum Gasteiger partial charge on any atom is 0.198 e. The summed E-state index contributed by atoms with van der Waals surface area (Å²) in [6.07, 6.45) is 0.297. The lowest BCUT2D eigenvalue weighted by atomic mass is 10.0. The van der Waals surface area contributed by atoms with Crippen molar-refractivity contribution in [2.75, 3.05) is 7.11 Å². The number of benzene rings is 1. The molecule has 0 fully saturated rings. The summed E-state index contributed by atoms with van der Waals surface area (Å²) in [5.41, 5.74) is 0.372. The Labute approximate surface area is 114 Å². The molecule has 6 nitrogen and oxygen atoms in total. The molecule has 1 atom stereocenters. The highest BCUT2D eigenvalue weighted by molar-refractivity contribution is 5.81. The first kappa shape index (κ1) is 13.0. The lowest BCUT2D eigenvalue weighted by Crippen LogP contribution is -2.39. The molecule has 0 aliphatic carbocycles. The van der Waals surface area contributed by atoms with Crippen LogP contribution >= 0.6 is 0 Å². The zero-order chi connectivity index (χ0) is 14.5. The number of aromatic hydroxyl groups is 2. The zero-order valence-electron chi connectivity index (χ0n) is 11.1. The second-order valence-electron chi connectivity index (χ2n) is 4.97. The molecule has 1 aliphatic heterocycles. The van der Waals surface area contributed by atoms with Crippen LogP contribution in [0.1, 0.15) is 18.2 Å². The summed E-state index contributed by atoms with van der Waals surface area (Å²) in [6, 6.07) is 2.42. The van der Waals surface area contributed by atoms with Gasteiger partial charge in [-0.05, 0) is 13.0 Å². The van der Waals surface area contributed by atoms with E-state index in [-0.39, 0.29) is 34.5 Å². The molecule has 106 valence electrons. The van der Waals surface area contributed by atoms with Crippen LogP contribution in [0.5, 0.6) is 11.5 Å². The van der Waals surface area contributed by atoms with Crippen LogP contribution in [0.2, 0.25) is 0 Å². The average Bonchev–Trinajstić information content (AvgIpc) is 2.41. The van der Waals surface area contributed by atoms with Crippen LogP contribution in [0, 0.1) is 0 Å². The van der Waals surface area contributed by atoms with Gasteiger partial charge in [0.15, 0.2) is 22.7 Å². The number of phenols is 2. The van der Waals surface area contributed by atoms with Crippen LogP contribution in [-0.2, 0) is 22.5 Å². The van der Waals surface area contributed by atoms with Crippen molar-refractivity contribution < 1.29 is 24.1 Å². The highest BCUT2D eigenvalue weighted by Gasteiger charge is 2.34. The largest absolute Gasteiger partial charge is 0.504 e. The zero-order valence-corrected chi connectivity index (χ0v) is 11.1. The van der Waals surface area contributed by atoms with Gasteiger partial charge in [-0.25, -0.2) is 0 Å². The summed E-state index contributed by atoms with van der Waals surface area (Å²) in [4.78, 5) is 12.4. The van der Waals surface area contributed by atoms with E-state index in [1.807, 2.05) is 0 Å². The molecule has 1 unspecified atom stereocenters. The van der Waals surface area contributed by atoms with Crippen molar-refractivity contribution in [3.05, 3.63) is 33.7 Å². The molecular formula is C14H14O6. The van der Waals surface area contributed by atoms with Gasteiger partial charge in [-0.3, -0.25) is 4.79 Å². The third-order valence-electron chi connectivity index (χ3n) is 3.60. The number of fused-ring (bicyclic) bond motifs is 2. The van der Waals surface area contributed by atoms with E-state index in [1.54, 1.807) is 6.92 Å². The summed E-state index contributed by atoms with van der Waals surface area (Å²) in [6.45, 7) is 1.84. The van der Waals surface area contributed by atoms with Crippen LogP contribution in [0.3, 0.4) is 0 Å². The van der Waals surface area contributed by atoms with Gasteiger partial charge < -0.3 is 24.1 Å². The smallest absolute Gasteiger partial charge is 0.198 e. The van der Waals surface area contributed by atoms with Gasteiger partial charge >= 0.3 is 0 Å². The fraction of sp³-hybridized carbons (Fsp3) is 0.357. The standard InChI is InChI=1S/C14H14O6/c1-14(18-2)5-12-8(6-19-14)13(17)7-3-9(15)10(16)4-11(7)20-12/h3-4,15-16H,5-6H2,1-2H3. The SMILES string of the molecule is COC1(C)Cc2oc3cc(O)c(O)cc3c(=O)c2CO1. The predicted octanol–water partition coefficient (Wildman–Crippen LogP) is 1.64. The topological polar surface area (TPSA) is 89.1 Å². The van der Waals surface area contributed by atoms with Gasteiger partial charge in [-0.15, -0.1) is 0 Å². The average molecular weight is 278 g/mol. The summed E-state index contributed by atoms with van der Waals surface area (Å²) in [5.74, 6) is -1.05. The molecule has 2 aromatic rings. The number of phenolic OH excluding ortho intramolecular Hbond substituents is 2. The molecule has 20 heavy (non-hydrogen) atoms. The van der Waals surface area contributed by atoms with E-state index in [9.17, 15) is 15.0 Å². The van der Waals surface area contributed by atoms with Gasteiger partial charge in [0.05, 0.1) is 24.0 Å². The Morgan fingerprint density at radius 3 is 2.70 bits per heavy atom. The summed E-state index contributed by atoms with van der Waals surface area (Å²) < 4.78 is 16.5. The van der Waals surface area contributed by atoms with Crippen LogP contribution in [0.4, 0.5) is 0 Å². The first-order valence-electron chi connectivity index (χ1n) is 6.13. The van der Waals surface area contributed by atoms with Gasteiger partial charge in [0.2, 0.25) is 0 Å². The van der Waals surface area contributed by atoms with E-state index < -0.39 is 5.79 Å². The van der Waals surface area contributed by atoms with Crippen molar-refractivity contribution in [2.45, 2.75) is 25.7 Å². The number of methoxy groups -OCH3 is 1. The lowest BCUT2D eigenvalue weighted by molar-refractivity contribution is -0.225. The molecule has 0 amide bonds. The van der Waals surface area contributed by atoms with Gasteiger partial charge in [0.1, 0.15) is 11.3 Å². The maximum absolute atomic E-state index is 12.4. The van der Waals surface area contributed by atoms with E-state index in [2.05, 4.69) is 0 Å². The molecule has 1 aromatic heterocycles. The molecule has 0 radical (unpaired) electrons. The first-order valence-corrected chi connectivity index (χ1v) is 6.13. The Morgan fingerprint density at radius 2 is 2.00 bits per heavy atom. The quantitative estimate of drug-likeness (QED) is 0.771. The molecule has 2 heterocycles. The summed E-state index contributed by atoms with van der Waals surface area (Å²) in [5, 5.41) is 19.2. The third kappa shape index (κ3) is 1.85. The van der Waals surface area contributed by atoms with Crippen molar-refractivity contribution in [1.82, 2.24) is 0 Å². The number of hydrogen-bond acceptors (Lipinski definition) is 6. The van der Waals surface area contributed by atoms with Gasteiger partial charge in [-0.1, -0.05) is 0 Å². The van der Waals surface area contributed by atoms with Crippen molar-refractivity contribution in [3.63, 3.8) is 0 Å². The molecule has 2 N–H and O–H groups in total. The normalized spacial score (nSPS) is 21.9. The van der Waals surface area contributed by atoms with E-state index in [0.29, 0.717) is 17.7 Å². The fourth-order valence-electron chi connectivity index (χ4n) is 2.29. The van der Waals surface area contributed by atoms with Gasteiger partial charge in [0, 0.05) is 13.2 Å². The Balaban J connectivity index is 2.25. The third-order valence-corrected chi connectivity index (χ3v) is 3.60. The lowest BCUT2D eigenvalue weighted by Gasteiger charge is -2.32. The molecule has 0 spiro atoms. The number of hydrogen-bond donors (Lipinski definition) is 2. The van der Waals surface area contributed by atoms with E-state index in [1.165, 1.54) is 19.2 Å². The summed E-state index contributed by atoms with van der Waals surface area (Å²) in [7, 11) is 1.52. The van der Waals surface area contributed by atoms with E-state index in [4.69, 9.17) is 13.9 Å². The van der Waals surface area contributed by atoms with Gasteiger partial charge in [-0.2, -0.15) is 0 Å². The minimum Gasteiger partial charge on any atom is -0.504 e. The Bertz CT molecular complexity index is 747. The molecule has 1 aromatic carbocycles. The molecule has 0 saturated carbocycles. The molecule has 3 rings (SSSR count). The number of ether oxygens (including phenoxy) is 2. The monoisotopic (exact) mass is 278 g/mol. The van der Waals surface area contributed by atoms with Gasteiger partial charge in [0.25, 0.3) is 0 Å². The molecule has 0 bridgehead atoms. The second-order valence-corrected chi connectivity index (χ2v) is 4.97. The van der Waals surface area contributed by atoms with Crippen LogP contribution in [0.25, 0.3) is 11.0 Å². The Hall–Kier alpha value is -2.05. The molecule has 0 saturated heterocycles. The minimum absolute atomic E-state index is 0.0829. The highest BCUT2D eigenvalue weighted by atomic mass is 16.7. The Kier molecular flexibility index (Phi) is 2.74. The second kappa shape index (κ2) is 4.22. The molecule has 6 heteroatoms. The Morgan fingerprint density at radius 1 is 1.30 bits per heavy atom. The summed E-state index contributed by atoms with van der Waals surface area (Å²) >= 11 is 0. The fourth-order valence-corrected chi connectivity index (χ4v) is 2.29. The molecular weight excluding hydrogens is 264 g/mol. The van der Waals surface area contributed by atoms with Crippen molar-refractivity contribution in [1.29, 1.82) is 0 Å². The van der Waals surface area contributed by atoms with Crippen LogP contribution < -0.4 is 5.43 Å². The molecule has 1 aliphatic rings. The van der Waals surface area contributed by atoms with Crippen LogP contribution in [-0.4, -0.2) is 23.1 Å². The van der Waals surface area contributed by atoms with Crippen molar-refractivity contribution >= 4 is 11.0 Å². The van der Waals surface area contributed by atoms with E-state index in [0.717, 1.165) is 0 Å². The van der Waals surface area contributed by atoms with Crippen LogP contribution in [0.15, 0.2) is 21.3 Å². The van der Waals surface area contributed by atoms with E-state index >= 15 is 0 Å². The first-order chi connectivity index (χ1) is 9.43. The number of rotatable bonds is 1. The predicted molar refractivity (Wildman–Crippen MR) is 69.7 cm³/mol. The highest BCUT2D eigenvalue weighted by Crippen LogP contribution is 2.33. The van der Waals surface area contributed by atoms with Crippen molar-refractivity contribution in [2.24, 2.45) is 0 Å².